The average molecular weight is 470 g/mol. The molecule has 194 valence electrons. The Labute approximate surface area is 202 Å². The van der Waals surface area contributed by atoms with Gasteiger partial charge >= 0.3 is 0 Å². The second-order valence-corrected chi connectivity index (χ2v) is 10.3. The Morgan fingerprint density at radius 3 is 2.06 bits per heavy atom. The summed E-state index contributed by atoms with van der Waals surface area (Å²) in [6.45, 7) is 9.71. The topological polar surface area (TPSA) is 102 Å². The van der Waals surface area contributed by atoms with Crippen LogP contribution in [0.2, 0.25) is 0 Å². The normalized spacial score (nSPS) is 20.7. The van der Waals surface area contributed by atoms with Gasteiger partial charge < -0.3 is 20.8 Å². The van der Waals surface area contributed by atoms with E-state index in [9.17, 15) is 19.8 Å². The molecule has 1 aliphatic rings. The first-order chi connectivity index (χ1) is 15.7. The lowest BCUT2D eigenvalue weighted by Crippen LogP contribution is -2.63. The molecule has 1 rings (SSSR count). The van der Waals surface area contributed by atoms with Gasteiger partial charge in [0.05, 0.1) is 12.2 Å². The minimum absolute atomic E-state index is 0.0705. The molecular formula is C26H51N3O4. The molecule has 2 amide bonds. The average Bonchev–Trinajstić information content (AvgIpc) is 2.74. The van der Waals surface area contributed by atoms with Crippen molar-refractivity contribution in [3.05, 3.63) is 0 Å². The van der Waals surface area contributed by atoms with Crippen LogP contribution in [0.5, 0.6) is 0 Å². The van der Waals surface area contributed by atoms with E-state index in [1.165, 1.54) is 44.9 Å². The third-order valence-electron chi connectivity index (χ3n) is 6.48. The van der Waals surface area contributed by atoms with Crippen LogP contribution in [0.3, 0.4) is 0 Å². The number of nitrogens with one attached hydrogen (secondary N) is 2. The maximum atomic E-state index is 12.3. The summed E-state index contributed by atoms with van der Waals surface area (Å²) in [5.74, 6) is -0.134. The number of aliphatic hydroxyl groups excluding tert-OH is 2. The van der Waals surface area contributed by atoms with Crippen LogP contribution in [-0.4, -0.2) is 70.9 Å². The first-order valence-corrected chi connectivity index (χ1v) is 13.4. The van der Waals surface area contributed by atoms with Gasteiger partial charge in [0.1, 0.15) is 12.1 Å². The summed E-state index contributed by atoms with van der Waals surface area (Å²) < 4.78 is 0. The van der Waals surface area contributed by atoms with E-state index < -0.39 is 18.2 Å². The lowest BCUT2D eigenvalue weighted by molar-refractivity contribution is -0.138. The van der Waals surface area contributed by atoms with Gasteiger partial charge in [0, 0.05) is 13.1 Å². The quantitative estimate of drug-likeness (QED) is 0.217. The molecule has 7 heteroatoms. The molecule has 1 heterocycles. The molecule has 4 atom stereocenters. The monoisotopic (exact) mass is 469 g/mol. The smallest absolute Gasteiger partial charge is 0.243 e. The standard InChI is InChI=1S/C26H51N3O4/c1-5-6-7-8-9-10-11-12-15-22(31)19-29(18-21(4)30)17-14-13-16-23-25(32)28-24(20(2)3)26(33)27-23/h20-24,30-31H,5-19H2,1-4H3,(H,27,33)(H,28,32). The highest BCUT2D eigenvalue weighted by Crippen LogP contribution is 2.13. The van der Waals surface area contributed by atoms with Crippen LogP contribution in [0, 0.1) is 5.92 Å². The summed E-state index contributed by atoms with van der Waals surface area (Å²) in [6, 6.07) is -0.914. The van der Waals surface area contributed by atoms with Crippen LogP contribution in [0.15, 0.2) is 0 Å². The molecule has 1 fully saturated rings. The predicted molar refractivity (Wildman–Crippen MR) is 134 cm³/mol. The molecule has 0 saturated carbocycles. The minimum atomic E-state index is -0.467. The van der Waals surface area contributed by atoms with Gasteiger partial charge in [-0.2, -0.15) is 0 Å². The number of rotatable bonds is 19. The second kappa shape index (κ2) is 17.3. The van der Waals surface area contributed by atoms with E-state index >= 15 is 0 Å². The minimum Gasteiger partial charge on any atom is -0.392 e. The van der Waals surface area contributed by atoms with Gasteiger partial charge in [0.2, 0.25) is 11.8 Å². The Morgan fingerprint density at radius 2 is 1.45 bits per heavy atom. The summed E-state index contributed by atoms with van der Waals surface area (Å²) in [4.78, 5) is 26.6. The van der Waals surface area contributed by atoms with Crippen molar-refractivity contribution >= 4 is 11.8 Å². The van der Waals surface area contributed by atoms with E-state index in [0.29, 0.717) is 19.5 Å². The lowest BCUT2D eigenvalue weighted by atomic mass is 9.98. The molecule has 0 aromatic rings. The summed E-state index contributed by atoms with van der Waals surface area (Å²) >= 11 is 0. The fourth-order valence-electron chi connectivity index (χ4n) is 4.54. The Morgan fingerprint density at radius 1 is 0.818 bits per heavy atom. The van der Waals surface area contributed by atoms with Crippen molar-refractivity contribution in [2.75, 3.05) is 19.6 Å². The summed E-state index contributed by atoms with van der Waals surface area (Å²) in [6.07, 6.45) is 12.3. The number of hydrogen-bond acceptors (Lipinski definition) is 5. The third kappa shape index (κ3) is 13.3. The first-order valence-electron chi connectivity index (χ1n) is 13.4. The van der Waals surface area contributed by atoms with Crippen molar-refractivity contribution in [1.82, 2.24) is 15.5 Å². The van der Waals surface area contributed by atoms with E-state index in [1.807, 2.05) is 13.8 Å². The number of carbonyl (C=O) groups is 2. The summed E-state index contributed by atoms with van der Waals surface area (Å²) in [5.41, 5.74) is 0. The van der Waals surface area contributed by atoms with Crippen LogP contribution in [-0.2, 0) is 9.59 Å². The van der Waals surface area contributed by atoms with Gasteiger partial charge in [0.25, 0.3) is 0 Å². The molecule has 0 radical (unpaired) electrons. The molecule has 4 N–H and O–H groups in total. The summed E-state index contributed by atoms with van der Waals surface area (Å²) in [5, 5.41) is 26.0. The number of unbranched alkanes of at least 4 members (excludes halogenated alkanes) is 8. The number of piperazine rings is 1. The van der Waals surface area contributed by atoms with Crippen molar-refractivity contribution in [3.63, 3.8) is 0 Å². The van der Waals surface area contributed by atoms with Crippen LogP contribution < -0.4 is 10.6 Å². The van der Waals surface area contributed by atoms with E-state index in [0.717, 1.165) is 32.2 Å². The zero-order chi connectivity index (χ0) is 24.6. The zero-order valence-electron chi connectivity index (χ0n) is 21.7. The molecule has 33 heavy (non-hydrogen) atoms. The number of aliphatic hydroxyl groups is 2. The Kier molecular flexibility index (Phi) is 15.6. The first kappa shape index (κ1) is 29.9. The lowest BCUT2D eigenvalue weighted by Gasteiger charge is -2.32. The van der Waals surface area contributed by atoms with Crippen molar-refractivity contribution in [1.29, 1.82) is 0 Å². The number of hydrogen-bond donors (Lipinski definition) is 4. The zero-order valence-corrected chi connectivity index (χ0v) is 21.7. The maximum absolute atomic E-state index is 12.3. The largest absolute Gasteiger partial charge is 0.392 e. The van der Waals surface area contributed by atoms with E-state index in [1.54, 1.807) is 6.92 Å². The van der Waals surface area contributed by atoms with Crippen LogP contribution in [0.4, 0.5) is 0 Å². The Balaban J connectivity index is 2.26. The molecule has 4 unspecified atom stereocenters. The van der Waals surface area contributed by atoms with Gasteiger partial charge in [-0.1, -0.05) is 72.1 Å². The van der Waals surface area contributed by atoms with Gasteiger partial charge in [0.15, 0.2) is 0 Å². The van der Waals surface area contributed by atoms with Crippen LogP contribution >= 0.6 is 0 Å². The fourth-order valence-corrected chi connectivity index (χ4v) is 4.54. The molecule has 1 aliphatic heterocycles. The van der Waals surface area contributed by atoms with Gasteiger partial charge in [-0.3, -0.25) is 14.5 Å². The van der Waals surface area contributed by atoms with Crippen molar-refractivity contribution < 1.29 is 19.8 Å². The van der Waals surface area contributed by atoms with Gasteiger partial charge in [-0.05, 0) is 45.1 Å². The molecule has 0 spiro atoms. The highest BCUT2D eigenvalue weighted by molar-refractivity contribution is 5.97. The highest BCUT2D eigenvalue weighted by Gasteiger charge is 2.34. The van der Waals surface area contributed by atoms with E-state index in [4.69, 9.17) is 0 Å². The fraction of sp³-hybridized carbons (Fsp3) is 0.923. The maximum Gasteiger partial charge on any atom is 0.243 e. The van der Waals surface area contributed by atoms with Crippen LogP contribution in [0.1, 0.15) is 105 Å². The molecule has 1 saturated heterocycles. The summed E-state index contributed by atoms with van der Waals surface area (Å²) in [7, 11) is 0. The molecule has 7 nitrogen and oxygen atoms in total. The van der Waals surface area contributed by atoms with Crippen LogP contribution in [0.25, 0.3) is 0 Å². The number of carbonyl (C=O) groups excluding carboxylic acids is 2. The van der Waals surface area contributed by atoms with E-state index in [2.05, 4.69) is 22.5 Å². The highest BCUT2D eigenvalue weighted by atomic mass is 16.3. The van der Waals surface area contributed by atoms with Crippen molar-refractivity contribution in [3.8, 4) is 0 Å². The van der Waals surface area contributed by atoms with Gasteiger partial charge in [-0.25, -0.2) is 0 Å². The van der Waals surface area contributed by atoms with Crippen molar-refractivity contribution in [2.45, 2.75) is 129 Å². The SMILES string of the molecule is CCCCCCCCCCC(O)CN(CCCCC1NC(=O)C(C(C)C)NC1=O)CC(C)O. The Hall–Kier alpha value is -1.18. The Bertz CT molecular complexity index is 542. The molecule has 0 bridgehead atoms. The molecule has 0 aliphatic carbocycles. The second-order valence-electron chi connectivity index (χ2n) is 10.3. The predicted octanol–water partition coefficient (Wildman–Crippen LogP) is 3.37. The molecule has 0 aromatic carbocycles. The van der Waals surface area contributed by atoms with Crippen molar-refractivity contribution in [2.24, 2.45) is 5.92 Å². The van der Waals surface area contributed by atoms with Gasteiger partial charge in [-0.15, -0.1) is 0 Å². The molecular weight excluding hydrogens is 418 g/mol. The number of amides is 2. The molecule has 0 aromatic heterocycles. The third-order valence-corrected chi connectivity index (χ3v) is 6.48. The number of nitrogens with zero attached hydrogens (tertiary/aromatic N) is 1. The van der Waals surface area contributed by atoms with E-state index in [-0.39, 0.29) is 23.8 Å².